The van der Waals surface area contributed by atoms with Gasteiger partial charge in [-0.1, -0.05) is 6.07 Å². The number of carboxylic acids is 2. The molecule has 0 amide bonds. The van der Waals surface area contributed by atoms with Crippen LogP contribution in [0.2, 0.25) is 0 Å². The van der Waals surface area contributed by atoms with E-state index in [1.54, 1.807) is 0 Å². The predicted octanol–water partition coefficient (Wildman–Crippen LogP) is 3.75. The van der Waals surface area contributed by atoms with E-state index in [0.29, 0.717) is 6.07 Å². The van der Waals surface area contributed by atoms with Crippen molar-refractivity contribution in [2.24, 2.45) is 0 Å². The second-order valence-corrected chi connectivity index (χ2v) is 6.25. The molecule has 2 N–H and O–H groups in total. The molecule has 2 aliphatic rings. The van der Waals surface area contributed by atoms with Gasteiger partial charge in [0.1, 0.15) is 17.2 Å². The molecule has 4 rings (SSSR count). The largest absolute Gasteiger partial charge is 0.478 e. The van der Waals surface area contributed by atoms with Crippen LogP contribution in [0.25, 0.3) is 0 Å². The molecule has 10 heteroatoms. The minimum Gasteiger partial charge on any atom is -0.478 e. The summed E-state index contributed by atoms with van der Waals surface area (Å²) in [5, 5.41) is 17.7. The Bertz CT molecular complexity index is 1080. The number of halogens is 6. The number of carboxylic acid groups (broad SMARTS) is 2. The lowest BCUT2D eigenvalue weighted by atomic mass is 9.88. The fourth-order valence-corrected chi connectivity index (χ4v) is 3.83. The molecule has 0 saturated carbocycles. The fraction of sp³-hybridized carbons (Fsp3) is 0.176. The smallest absolute Gasteiger partial charge is 0.406 e. The van der Waals surface area contributed by atoms with Crippen molar-refractivity contribution in [3.8, 4) is 0 Å². The van der Waals surface area contributed by atoms with Gasteiger partial charge in [0.2, 0.25) is 0 Å². The van der Waals surface area contributed by atoms with E-state index in [-0.39, 0.29) is 6.07 Å². The van der Waals surface area contributed by atoms with Crippen molar-refractivity contribution in [2.45, 2.75) is 17.3 Å². The lowest BCUT2D eigenvalue weighted by Gasteiger charge is -2.24. The SMILES string of the molecule is O=C(O)c1ccc2c(c1)C2(F)C1(C(F)(F)F)c2cc(F)c(C(=O)O)c(F)c21. The zero-order chi connectivity index (χ0) is 20.1. The number of benzene rings is 2. The van der Waals surface area contributed by atoms with Crippen molar-refractivity contribution >= 4 is 11.9 Å². The van der Waals surface area contributed by atoms with Gasteiger partial charge in [0.05, 0.1) is 5.56 Å². The van der Waals surface area contributed by atoms with Crippen LogP contribution in [0.5, 0.6) is 0 Å². The third kappa shape index (κ3) is 1.75. The maximum absolute atomic E-state index is 15.6. The van der Waals surface area contributed by atoms with Gasteiger partial charge < -0.3 is 10.2 Å². The first-order chi connectivity index (χ1) is 12.4. The van der Waals surface area contributed by atoms with Crippen LogP contribution >= 0.6 is 0 Å². The molecule has 0 bridgehead atoms. The molecule has 27 heavy (non-hydrogen) atoms. The Morgan fingerprint density at radius 1 is 0.926 bits per heavy atom. The van der Waals surface area contributed by atoms with Gasteiger partial charge >= 0.3 is 18.1 Å². The first-order valence-corrected chi connectivity index (χ1v) is 7.30. The highest BCUT2D eigenvalue weighted by Gasteiger charge is 2.86. The molecule has 2 aromatic carbocycles. The summed E-state index contributed by atoms with van der Waals surface area (Å²) in [4.78, 5) is 21.9. The van der Waals surface area contributed by atoms with Crippen LogP contribution in [0.1, 0.15) is 43.0 Å². The van der Waals surface area contributed by atoms with E-state index < -0.39 is 74.2 Å². The normalized spacial score (nSPS) is 24.8. The number of hydrogen-bond donors (Lipinski definition) is 2. The Balaban J connectivity index is 1.96. The lowest BCUT2D eigenvalue weighted by Crippen LogP contribution is -2.40. The molecule has 0 spiro atoms. The third-order valence-corrected chi connectivity index (χ3v) is 5.04. The molecule has 2 aliphatic carbocycles. The number of aromatic carboxylic acids is 2. The summed E-state index contributed by atoms with van der Waals surface area (Å²) in [5.41, 5.74) is -12.5. The molecule has 0 aliphatic heterocycles. The minimum absolute atomic E-state index is 0.160. The van der Waals surface area contributed by atoms with Gasteiger partial charge in [-0.15, -0.1) is 0 Å². The highest BCUT2D eigenvalue weighted by Crippen LogP contribution is 2.77. The molecule has 2 aromatic rings. The minimum atomic E-state index is -5.43. The van der Waals surface area contributed by atoms with Gasteiger partial charge in [-0.25, -0.2) is 22.8 Å². The molecule has 4 nitrogen and oxygen atoms in total. The molecular formula is C17H6F6O4. The number of fused-ring (bicyclic) bond motifs is 2. The summed E-state index contributed by atoms with van der Waals surface area (Å²) in [5.74, 6) is -7.40. The van der Waals surface area contributed by atoms with Crippen molar-refractivity contribution in [1.29, 1.82) is 0 Å². The Morgan fingerprint density at radius 2 is 1.56 bits per heavy atom. The summed E-state index contributed by atoms with van der Waals surface area (Å²) in [6.07, 6.45) is -5.43. The highest BCUT2D eigenvalue weighted by atomic mass is 19.4. The number of rotatable bonds is 3. The number of hydrogen-bond acceptors (Lipinski definition) is 2. The Hall–Kier alpha value is -3.04. The Kier molecular flexibility index (Phi) is 2.97. The van der Waals surface area contributed by atoms with Crippen molar-refractivity contribution in [2.75, 3.05) is 0 Å². The van der Waals surface area contributed by atoms with Crippen LogP contribution in [-0.2, 0) is 11.1 Å². The van der Waals surface area contributed by atoms with E-state index in [1.807, 2.05) is 0 Å². The summed E-state index contributed by atoms with van der Waals surface area (Å²) in [7, 11) is 0. The summed E-state index contributed by atoms with van der Waals surface area (Å²) < 4.78 is 85.5. The number of alkyl halides is 4. The molecule has 0 radical (unpaired) electrons. The average Bonchev–Trinajstić information content (AvgIpc) is 3.38. The maximum Gasteiger partial charge on any atom is 0.406 e. The number of carbonyl (C=O) groups is 2. The molecule has 2 unspecified atom stereocenters. The van der Waals surface area contributed by atoms with Gasteiger partial charge in [0.15, 0.2) is 11.1 Å². The Labute approximate surface area is 145 Å². The zero-order valence-corrected chi connectivity index (χ0v) is 12.8. The van der Waals surface area contributed by atoms with Crippen LogP contribution in [0.3, 0.4) is 0 Å². The standard InChI is InChI=1S/C17H6F6O4/c18-9-4-8-11(12(19)10(9)14(26)27)15(8,17(21,22)23)16(20)6-2-1-5(13(24)25)3-7(6)16/h1-4H,(H,24,25)(H,26,27). The van der Waals surface area contributed by atoms with Gasteiger partial charge in [0, 0.05) is 16.7 Å². The molecule has 140 valence electrons. The van der Waals surface area contributed by atoms with Crippen molar-refractivity contribution in [3.63, 3.8) is 0 Å². The first kappa shape index (κ1) is 17.4. The molecule has 2 atom stereocenters. The highest BCUT2D eigenvalue weighted by molar-refractivity contribution is 5.92. The summed E-state index contributed by atoms with van der Waals surface area (Å²) >= 11 is 0. The van der Waals surface area contributed by atoms with E-state index in [9.17, 15) is 31.5 Å². The van der Waals surface area contributed by atoms with Crippen molar-refractivity contribution < 1.29 is 46.1 Å². The topological polar surface area (TPSA) is 74.6 Å². The van der Waals surface area contributed by atoms with Gasteiger partial charge in [-0.3, -0.25) is 0 Å². The summed E-state index contributed by atoms with van der Waals surface area (Å²) in [6, 6.07) is 2.57. The second-order valence-electron chi connectivity index (χ2n) is 6.25. The van der Waals surface area contributed by atoms with E-state index in [2.05, 4.69) is 0 Å². The van der Waals surface area contributed by atoms with Gasteiger partial charge in [-0.2, -0.15) is 13.2 Å². The second kappa shape index (κ2) is 4.62. The average molecular weight is 388 g/mol. The zero-order valence-electron chi connectivity index (χ0n) is 12.8. The third-order valence-electron chi connectivity index (χ3n) is 5.04. The molecule has 0 saturated heterocycles. The van der Waals surface area contributed by atoms with E-state index in [1.165, 1.54) is 0 Å². The molecule has 0 heterocycles. The van der Waals surface area contributed by atoms with Crippen LogP contribution in [0.15, 0.2) is 24.3 Å². The van der Waals surface area contributed by atoms with Gasteiger partial charge in [-0.05, 0) is 23.8 Å². The van der Waals surface area contributed by atoms with E-state index in [4.69, 9.17) is 10.2 Å². The molecular weight excluding hydrogens is 382 g/mol. The van der Waals surface area contributed by atoms with E-state index >= 15 is 4.39 Å². The first-order valence-electron chi connectivity index (χ1n) is 7.30. The van der Waals surface area contributed by atoms with Crippen molar-refractivity contribution in [3.05, 3.63) is 69.3 Å². The van der Waals surface area contributed by atoms with Gasteiger partial charge in [0.25, 0.3) is 0 Å². The molecule has 0 aromatic heterocycles. The Morgan fingerprint density at radius 3 is 2.07 bits per heavy atom. The quantitative estimate of drug-likeness (QED) is 0.786. The maximum atomic E-state index is 15.6. The predicted molar refractivity (Wildman–Crippen MR) is 75.4 cm³/mol. The van der Waals surface area contributed by atoms with Crippen LogP contribution < -0.4 is 0 Å². The monoisotopic (exact) mass is 388 g/mol. The molecule has 0 fully saturated rings. The van der Waals surface area contributed by atoms with Crippen molar-refractivity contribution in [1.82, 2.24) is 0 Å². The lowest BCUT2D eigenvalue weighted by molar-refractivity contribution is -0.187. The van der Waals surface area contributed by atoms with Crippen LogP contribution in [-0.4, -0.2) is 28.3 Å². The van der Waals surface area contributed by atoms with E-state index in [0.717, 1.165) is 12.1 Å². The van der Waals surface area contributed by atoms with Crippen LogP contribution in [0.4, 0.5) is 26.3 Å². The summed E-state index contributed by atoms with van der Waals surface area (Å²) in [6.45, 7) is 0. The van der Waals surface area contributed by atoms with Crippen LogP contribution in [0, 0.1) is 11.6 Å². The fourth-order valence-electron chi connectivity index (χ4n) is 3.83.